The average Bonchev–Trinajstić information content (AvgIpc) is 3.10. The number of nitrogens with zero attached hydrogens (tertiary/aromatic N) is 2. The topological polar surface area (TPSA) is 74.8 Å². The number of sulfonamides is 2. The largest absolute Gasteiger partial charge is 0.266 e. The van der Waals surface area contributed by atoms with E-state index in [-0.39, 0.29) is 21.2 Å². The van der Waals surface area contributed by atoms with Crippen LogP contribution in [0.15, 0.2) is 101 Å². The third-order valence-electron chi connectivity index (χ3n) is 5.26. The van der Waals surface area contributed by atoms with Crippen LogP contribution in [0.3, 0.4) is 0 Å². The first-order valence-electron chi connectivity index (χ1n) is 9.85. The Balaban J connectivity index is 1.95. The van der Waals surface area contributed by atoms with Gasteiger partial charge in [0.15, 0.2) is 6.17 Å². The Hall–Kier alpha value is -3.32. The molecule has 1 aliphatic rings. The molecule has 0 saturated carbocycles. The Morgan fingerprint density at radius 1 is 0.719 bits per heavy atom. The van der Waals surface area contributed by atoms with Crippen molar-refractivity contribution in [3.8, 4) is 0 Å². The lowest BCUT2D eigenvalue weighted by molar-refractivity contribution is 0.581. The zero-order valence-corrected chi connectivity index (χ0v) is 19.3. The normalized spacial score (nSPS) is 14.2. The number of benzene rings is 3. The van der Waals surface area contributed by atoms with E-state index in [4.69, 9.17) is 0 Å². The maximum atomic E-state index is 13.7. The lowest BCUT2D eigenvalue weighted by atomic mass is 10.2. The summed E-state index contributed by atoms with van der Waals surface area (Å²) in [7, 11) is -8.19. The van der Waals surface area contributed by atoms with E-state index in [0.29, 0.717) is 0 Å². The summed E-state index contributed by atoms with van der Waals surface area (Å²) in [5.74, 6) is 0. The lowest BCUT2D eigenvalue weighted by Gasteiger charge is -2.29. The zero-order valence-electron chi connectivity index (χ0n) is 17.6. The van der Waals surface area contributed by atoms with Crippen LogP contribution in [0.2, 0.25) is 0 Å². The van der Waals surface area contributed by atoms with Crippen LogP contribution in [0.5, 0.6) is 0 Å². The van der Waals surface area contributed by atoms with E-state index in [1.165, 1.54) is 30.3 Å². The van der Waals surface area contributed by atoms with Gasteiger partial charge in [0, 0.05) is 6.08 Å². The molecule has 8 heteroatoms. The summed E-state index contributed by atoms with van der Waals surface area (Å²) in [6.45, 7) is 7.29. The van der Waals surface area contributed by atoms with Crippen molar-refractivity contribution in [3.05, 3.63) is 102 Å². The second-order valence-electron chi connectivity index (χ2n) is 7.50. The van der Waals surface area contributed by atoms with Crippen molar-refractivity contribution >= 4 is 31.4 Å². The first-order chi connectivity index (χ1) is 15.2. The molecular weight excluding hydrogens is 444 g/mol. The van der Waals surface area contributed by atoms with E-state index in [1.54, 1.807) is 48.5 Å². The predicted octanol–water partition coefficient (Wildman–Crippen LogP) is 4.37. The quantitative estimate of drug-likeness (QED) is 0.523. The van der Waals surface area contributed by atoms with Crippen LogP contribution in [0.4, 0.5) is 11.4 Å². The van der Waals surface area contributed by atoms with E-state index in [9.17, 15) is 16.8 Å². The second kappa shape index (κ2) is 7.98. The van der Waals surface area contributed by atoms with Gasteiger partial charge in [-0.2, -0.15) is 0 Å². The highest BCUT2D eigenvalue weighted by atomic mass is 32.2. The molecule has 1 heterocycles. The van der Waals surface area contributed by atoms with Gasteiger partial charge in [0.25, 0.3) is 20.0 Å². The van der Waals surface area contributed by atoms with Crippen LogP contribution in [0, 0.1) is 13.8 Å². The van der Waals surface area contributed by atoms with Gasteiger partial charge in [-0.05, 0) is 50.2 Å². The molecule has 0 radical (unpaired) electrons. The molecule has 0 N–H and O–H groups in total. The van der Waals surface area contributed by atoms with Crippen LogP contribution in [0.1, 0.15) is 11.1 Å². The fraction of sp³-hybridized carbons (Fsp3) is 0.125. The Labute approximate surface area is 188 Å². The molecule has 0 bridgehead atoms. The minimum absolute atomic E-state index is 0.0648. The van der Waals surface area contributed by atoms with Gasteiger partial charge < -0.3 is 0 Å². The van der Waals surface area contributed by atoms with Crippen LogP contribution in [0.25, 0.3) is 0 Å². The third kappa shape index (κ3) is 3.52. The molecule has 0 amide bonds. The van der Waals surface area contributed by atoms with E-state index >= 15 is 0 Å². The standard InChI is InChI=1S/C24H22N2O4S2/c1-4-7-24-25(31(27,28)20-14-10-18(2)11-15-20)22-8-5-6-9-23(22)26(24)32(29,30)21-16-12-19(3)13-17-21/h5-17,24H,1H2,2-3H3. The molecule has 0 aromatic heterocycles. The summed E-state index contributed by atoms with van der Waals surface area (Å²) in [5, 5.41) is 0. The average molecular weight is 467 g/mol. The van der Waals surface area contributed by atoms with Crippen molar-refractivity contribution in [2.75, 3.05) is 8.61 Å². The Morgan fingerprint density at radius 3 is 1.44 bits per heavy atom. The molecule has 6 nitrogen and oxygen atoms in total. The first-order valence-corrected chi connectivity index (χ1v) is 12.7. The number of hydrogen-bond donors (Lipinski definition) is 0. The Bertz CT molecular complexity index is 1320. The van der Waals surface area contributed by atoms with E-state index < -0.39 is 26.2 Å². The summed E-state index contributed by atoms with van der Waals surface area (Å²) in [4.78, 5) is 0.130. The molecule has 3 aromatic carbocycles. The van der Waals surface area contributed by atoms with Gasteiger partial charge in [-0.3, -0.25) is 0 Å². The number of hydrogen-bond acceptors (Lipinski definition) is 4. The summed E-state index contributed by atoms with van der Waals surface area (Å²) in [6.07, 6.45) is 0.153. The van der Waals surface area contributed by atoms with Crippen LogP contribution in [-0.4, -0.2) is 23.0 Å². The molecule has 0 aliphatic carbocycles. The lowest BCUT2D eigenvalue weighted by Crippen LogP contribution is -2.47. The zero-order chi connectivity index (χ0) is 23.1. The van der Waals surface area contributed by atoms with E-state index in [2.05, 4.69) is 12.3 Å². The molecule has 1 aliphatic heterocycles. The molecule has 0 spiro atoms. The molecule has 3 aromatic rings. The third-order valence-corrected chi connectivity index (χ3v) is 8.86. The van der Waals surface area contributed by atoms with Crippen molar-refractivity contribution in [1.82, 2.24) is 0 Å². The van der Waals surface area contributed by atoms with Crippen molar-refractivity contribution in [2.24, 2.45) is 0 Å². The van der Waals surface area contributed by atoms with Crippen molar-refractivity contribution < 1.29 is 16.8 Å². The molecule has 32 heavy (non-hydrogen) atoms. The van der Waals surface area contributed by atoms with Gasteiger partial charge in [0.05, 0.1) is 21.2 Å². The molecule has 0 fully saturated rings. The van der Waals surface area contributed by atoms with Gasteiger partial charge >= 0.3 is 0 Å². The highest BCUT2D eigenvalue weighted by molar-refractivity contribution is 7.94. The minimum Gasteiger partial charge on any atom is -0.237 e. The van der Waals surface area contributed by atoms with E-state index in [1.807, 2.05) is 13.8 Å². The molecule has 0 unspecified atom stereocenters. The number of anilines is 2. The van der Waals surface area contributed by atoms with Crippen molar-refractivity contribution in [2.45, 2.75) is 29.8 Å². The fourth-order valence-corrected chi connectivity index (χ4v) is 6.83. The minimum atomic E-state index is -4.09. The SMILES string of the molecule is C=C=CC1N(S(=O)(=O)c2ccc(C)cc2)c2ccccc2N1S(=O)(=O)c1ccc(C)cc1. The van der Waals surface area contributed by atoms with Gasteiger partial charge in [-0.25, -0.2) is 25.4 Å². The van der Waals surface area contributed by atoms with Gasteiger partial charge in [-0.15, -0.1) is 5.73 Å². The summed E-state index contributed by atoms with van der Waals surface area (Å²) >= 11 is 0. The monoisotopic (exact) mass is 466 g/mol. The summed E-state index contributed by atoms with van der Waals surface area (Å²) in [6, 6.07) is 19.4. The van der Waals surface area contributed by atoms with Crippen molar-refractivity contribution in [3.63, 3.8) is 0 Å². The van der Waals surface area contributed by atoms with Crippen LogP contribution >= 0.6 is 0 Å². The molecule has 164 valence electrons. The molecule has 4 rings (SSSR count). The Kier molecular flexibility index (Phi) is 5.46. The smallest absolute Gasteiger partial charge is 0.237 e. The maximum absolute atomic E-state index is 13.7. The molecule has 0 saturated heterocycles. The fourth-order valence-electron chi connectivity index (χ4n) is 3.65. The van der Waals surface area contributed by atoms with Gasteiger partial charge in [0.2, 0.25) is 0 Å². The van der Waals surface area contributed by atoms with Crippen LogP contribution in [-0.2, 0) is 20.0 Å². The first kappa shape index (κ1) is 21.9. The molecule has 0 atom stereocenters. The number of rotatable bonds is 5. The Morgan fingerprint density at radius 2 is 1.09 bits per heavy atom. The van der Waals surface area contributed by atoms with Crippen LogP contribution < -0.4 is 8.61 Å². The predicted molar refractivity (Wildman–Crippen MR) is 126 cm³/mol. The molecular formula is C24H22N2O4S2. The van der Waals surface area contributed by atoms with Gasteiger partial charge in [-0.1, -0.05) is 54.1 Å². The number of para-hydroxylation sites is 2. The summed E-state index contributed by atoms with van der Waals surface area (Å²) < 4.78 is 57.0. The number of aryl methyl sites for hydroxylation is 2. The highest BCUT2D eigenvalue weighted by Crippen LogP contribution is 2.45. The van der Waals surface area contributed by atoms with Gasteiger partial charge in [0.1, 0.15) is 0 Å². The number of fused-ring (bicyclic) bond motifs is 1. The van der Waals surface area contributed by atoms with E-state index in [0.717, 1.165) is 19.7 Å². The second-order valence-corrected chi connectivity index (χ2v) is 11.1. The maximum Gasteiger partial charge on any atom is 0.266 e. The summed E-state index contributed by atoms with van der Waals surface area (Å²) in [5.41, 5.74) is 4.94. The highest BCUT2D eigenvalue weighted by Gasteiger charge is 2.47. The van der Waals surface area contributed by atoms with Crippen molar-refractivity contribution in [1.29, 1.82) is 0 Å².